The van der Waals surface area contributed by atoms with Gasteiger partial charge in [-0.2, -0.15) is 0 Å². The van der Waals surface area contributed by atoms with E-state index in [0.717, 1.165) is 22.4 Å². The first-order valence-electron chi connectivity index (χ1n) is 6.07. The van der Waals surface area contributed by atoms with Crippen LogP contribution in [0.2, 0.25) is 0 Å². The van der Waals surface area contributed by atoms with Crippen LogP contribution in [0.5, 0.6) is 5.75 Å². The molecule has 4 nitrogen and oxygen atoms in total. The van der Waals surface area contributed by atoms with Crippen LogP contribution in [0.25, 0.3) is 0 Å². The van der Waals surface area contributed by atoms with Crippen LogP contribution < -0.4 is 10.5 Å². The average Bonchev–Trinajstić information content (AvgIpc) is 2.40. The molecule has 0 bridgehead atoms. The van der Waals surface area contributed by atoms with E-state index in [1.807, 2.05) is 38.1 Å². The van der Waals surface area contributed by atoms with Crippen molar-refractivity contribution in [3.05, 3.63) is 52.7 Å². The molecule has 0 saturated carbocycles. The SMILES string of the molecule is COc1ccc(C(O)c2cc(C)cnc2N)cc1C. The number of aliphatic hydroxyl groups is 1. The Morgan fingerprint density at radius 3 is 2.63 bits per heavy atom. The fraction of sp³-hybridized carbons (Fsp3) is 0.267. The summed E-state index contributed by atoms with van der Waals surface area (Å²) in [5, 5.41) is 10.4. The van der Waals surface area contributed by atoms with Crippen LogP contribution in [0.4, 0.5) is 5.82 Å². The molecule has 19 heavy (non-hydrogen) atoms. The summed E-state index contributed by atoms with van der Waals surface area (Å²) in [4.78, 5) is 4.07. The van der Waals surface area contributed by atoms with Gasteiger partial charge in [0.15, 0.2) is 0 Å². The highest BCUT2D eigenvalue weighted by molar-refractivity contribution is 5.47. The lowest BCUT2D eigenvalue weighted by molar-refractivity contribution is 0.220. The smallest absolute Gasteiger partial charge is 0.129 e. The number of hydrogen-bond donors (Lipinski definition) is 2. The highest BCUT2D eigenvalue weighted by atomic mass is 16.5. The van der Waals surface area contributed by atoms with Crippen molar-refractivity contribution in [2.75, 3.05) is 12.8 Å². The van der Waals surface area contributed by atoms with Gasteiger partial charge in [0.2, 0.25) is 0 Å². The van der Waals surface area contributed by atoms with Crippen LogP contribution in [-0.2, 0) is 0 Å². The molecule has 0 aliphatic heterocycles. The number of nitrogens with zero attached hydrogens (tertiary/aromatic N) is 1. The van der Waals surface area contributed by atoms with E-state index in [1.165, 1.54) is 0 Å². The monoisotopic (exact) mass is 258 g/mol. The van der Waals surface area contributed by atoms with Crippen molar-refractivity contribution in [3.63, 3.8) is 0 Å². The highest BCUT2D eigenvalue weighted by Crippen LogP contribution is 2.29. The minimum Gasteiger partial charge on any atom is -0.496 e. The van der Waals surface area contributed by atoms with Gasteiger partial charge in [-0.15, -0.1) is 0 Å². The van der Waals surface area contributed by atoms with Crippen molar-refractivity contribution in [2.45, 2.75) is 20.0 Å². The van der Waals surface area contributed by atoms with Crippen molar-refractivity contribution in [1.82, 2.24) is 4.98 Å². The van der Waals surface area contributed by atoms with Gasteiger partial charge >= 0.3 is 0 Å². The fourth-order valence-electron chi connectivity index (χ4n) is 2.07. The van der Waals surface area contributed by atoms with E-state index < -0.39 is 6.10 Å². The number of hydrogen-bond acceptors (Lipinski definition) is 4. The molecule has 0 spiro atoms. The lowest BCUT2D eigenvalue weighted by Crippen LogP contribution is -2.06. The van der Waals surface area contributed by atoms with E-state index in [2.05, 4.69) is 4.98 Å². The highest BCUT2D eigenvalue weighted by Gasteiger charge is 2.15. The largest absolute Gasteiger partial charge is 0.496 e. The van der Waals surface area contributed by atoms with Crippen LogP contribution in [0.3, 0.4) is 0 Å². The lowest BCUT2D eigenvalue weighted by atomic mass is 9.99. The molecule has 2 aromatic rings. The molecule has 4 heteroatoms. The van der Waals surface area contributed by atoms with E-state index in [9.17, 15) is 5.11 Å². The number of methoxy groups -OCH3 is 1. The summed E-state index contributed by atoms with van der Waals surface area (Å²) in [6.07, 6.45) is 0.905. The van der Waals surface area contributed by atoms with Gasteiger partial charge < -0.3 is 15.6 Å². The Labute approximate surface area is 112 Å². The molecule has 0 aliphatic carbocycles. The van der Waals surface area contributed by atoms with Crippen LogP contribution in [-0.4, -0.2) is 17.2 Å². The van der Waals surface area contributed by atoms with Crippen LogP contribution >= 0.6 is 0 Å². The molecular formula is C15H18N2O2. The number of pyridine rings is 1. The third kappa shape index (κ3) is 2.69. The molecule has 0 aliphatic rings. The van der Waals surface area contributed by atoms with E-state index in [1.54, 1.807) is 13.3 Å². The van der Waals surface area contributed by atoms with Crippen LogP contribution in [0.1, 0.15) is 28.4 Å². The summed E-state index contributed by atoms with van der Waals surface area (Å²) in [6.45, 7) is 3.86. The first-order chi connectivity index (χ1) is 9.02. The van der Waals surface area contributed by atoms with Crippen LogP contribution in [0.15, 0.2) is 30.5 Å². The number of nitrogen functional groups attached to an aromatic ring is 1. The normalized spacial score (nSPS) is 12.2. The summed E-state index contributed by atoms with van der Waals surface area (Å²) >= 11 is 0. The zero-order valence-corrected chi connectivity index (χ0v) is 11.3. The van der Waals surface area contributed by atoms with Gasteiger partial charge in [0, 0.05) is 11.8 Å². The predicted molar refractivity (Wildman–Crippen MR) is 75.2 cm³/mol. The van der Waals surface area contributed by atoms with Gasteiger partial charge in [-0.05, 0) is 48.7 Å². The zero-order valence-electron chi connectivity index (χ0n) is 11.3. The lowest BCUT2D eigenvalue weighted by Gasteiger charge is -2.15. The minimum atomic E-state index is -0.781. The standard InChI is InChI=1S/C15H18N2O2/c1-9-6-12(15(16)17-8-9)14(18)11-4-5-13(19-3)10(2)7-11/h4-8,14,18H,1-3H3,(H2,16,17). The summed E-state index contributed by atoms with van der Waals surface area (Å²) < 4.78 is 5.21. The molecule has 100 valence electrons. The minimum absolute atomic E-state index is 0.353. The van der Waals surface area contributed by atoms with E-state index in [0.29, 0.717) is 11.4 Å². The van der Waals surface area contributed by atoms with Crippen molar-refractivity contribution in [3.8, 4) is 5.75 Å². The third-order valence-electron chi connectivity index (χ3n) is 3.12. The fourth-order valence-corrected chi connectivity index (χ4v) is 2.07. The Morgan fingerprint density at radius 2 is 2.00 bits per heavy atom. The van der Waals surface area contributed by atoms with Crippen molar-refractivity contribution in [1.29, 1.82) is 0 Å². The Hall–Kier alpha value is -2.07. The summed E-state index contributed by atoms with van der Waals surface area (Å²) in [7, 11) is 1.63. The van der Waals surface area contributed by atoms with E-state index in [4.69, 9.17) is 10.5 Å². The third-order valence-corrected chi connectivity index (χ3v) is 3.12. The number of nitrogens with two attached hydrogens (primary N) is 1. The number of aliphatic hydroxyl groups excluding tert-OH is 1. The van der Waals surface area contributed by atoms with Crippen molar-refractivity contribution < 1.29 is 9.84 Å². The molecule has 1 unspecified atom stereocenters. The van der Waals surface area contributed by atoms with Gasteiger partial charge in [-0.1, -0.05) is 6.07 Å². The Bertz CT molecular complexity index is 597. The molecule has 0 radical (unpaired) electrons. The molecule has 0 amide bonds. The molecule has 2 rings (SSSR count). The van der Waals surface area contributed by atoms with E-state index in [-0.39, 0.29) is 0 Å². The molecule has 1 heterocycles. The summed E-state index contributed by atoms with van der Waals surface area (Å²) in [6, 6.07) is 7.42. The first kappa shape index (κ1) is 13.4. The van der Waals surface area contributed by atoms with Crippen LogP contribution in [0, 0.1) is 13.8 Å². The quantitative estimate of drug-likeness (QED) is 0.886. The maximum absolute atomic E-state index is 10.4. The summed E-state index contributed by atoms with van der Waals surface area (Å²) in [5.74, 6) is 1.15. The molecule has 1 aromatic carbocycles. The number of aromatic nitrogens is 1. The zero-order chi connectivity index (χ0) is 14.0. The van der Waals surface area contributed by atoms with Gasteiger partial charge in [-0.3, -0.25) is 0 Å². The van der Waals surface area contributed by atoms with Gasteiger partial charge in [0.05, 0.1) is 7.11 Å². The Balaban J connectivity index is 2.41. The van der Waals surface area contributed by atoms with Crippen molar-refractivity contribution in [2.24, 2.45) is 0 Å². The molecule has 0 fully saturated rings. The molecule has 1 aromatic heterocycles. The number of anilines is 1. The van der Waals surface area contributed by atoms with Gasteiger partial charge in [0.1, 0.15) is 17.7 Å². The Morgan fingerprint density at radius 1 is 1.26 bits per heavy atom. The first-order valence-corrected chi connectivity index (χ1v) is 6.07. The number of ether oxygens (including phenoxy) is 1. The average molecular weight is 258 g/mol. The molecular weight excluding hydrogens is 240 g/mol. The topological polar surface area (TPSA) is 68.4 Å². The maximum Gasteiger partial charge on any atom is 0.129 e. The van der Waals surface area contributed by atoms with Gasteiger partial charge in [-0.25, -0.2) is 4.98 Å². The number of benzene rings is 1. The molecule has 3 N–H and O–H groups in total. The van der Waals surface area contributed by atoms with Gasteiger partial charge in [0.25, 0.3) is 0 Å². The maximum atomic E-state index is 10.4. The predicted octanol–water partition coefficient (Wildman–Crippen LogP) is 2.37. The second kappa shape index (κ2) is 5.28. The summed E-state index contributed by atoms with van der Waals surface area (Å²) in [5.41, 5.74) is 9.17. The molecule has 0 saturated heterocycles. The second-order valence-electron chi connectivity index (χ2n) is 4.62. The Kier molecular flexibility index (Phi) is 3.71. The van der Waals surface area contributed by atoms with Crippen molar-refractivity contribution >= 4 is 5.82 Å². The number of rotatable bonds is 3. The number of aryl methyl sites for hydroxylation is 2. The second-order valence-corrected chi connectivity index (χ2v) is 4.62. The molecule has 1 atom stereocenters. The van der Waals surface area contributed by atoms with E-state index >= 15 is 0 Å².